The molecule has 0 atom stereocenters. The van der Waals surface area contributed by atoms with Gasteiger partial charge in [0.2, 0.25) is 0 Å². The van der Waals surface area contributed by atoms with Crippen molar-refractivity contribution in [2.75, 3.05) is 26.8 Å². The van der Waals surface area contributed by atoms with Crippen LogP contribution in [0.4, 0.5) is 13.2 Å². The van der Waals surface area contributed by atoms with Crippen LogP contribution in [0.25, 0.3) is 0 Å². The summed E-state index contributed by atoms with van der Waals surface area (Å²) in [6.45, 7) is 3.81. The molecule has 0 spiro atoms. The Hall–Kier alpha value is -0.290. The smallest absolute Gasteiger partial charge is 0.385 e. The molecular formula is C9H18F3NO. The second-order valence-electron chi connectivity index (χ2n) is 4.13. The average Bonchev–Trinajstić information content (AvgIpc) is 1.98. The van der Waals surface area contributed by atoms with Crippen molar-refractivity contribution in [1.29, 1.82) is 0 Å². The van der Waals surface area contributed by atoms with Gasteiger partial charge in [0.1, 0.15) is 0 Å². The first-order valence-electron chi connectivity index (χ1n) is 4.53. The fourth-order valence-corrected chi connectivity index (χ4v) is 1.01. The van der Waals surface area contributed by atoms with E-state index in [2.05, 4.69) is 5.32 Å². The van der Waals surface area contributed by atoms with Gasteiger partial charge in [0.15, 0.2) is 0 Å². The van der Waals surface area contributed by atoms with E-state index < -0.39 is 12.7 Å². The molecule has 86 valence electrons. The van der Waals surface area contributed by atoms with Gasteiger partial charge in [-0.15, -0.1) is 0 Å². The number of methoxy groups -OCH3 is 1. The van der Waals surface area contributed by atoms with Gasteiger partial charge in [-0.1, -0.05) is 13.8 Å². The van der Waals surface area contributed by atoms with E-state index in [0.717, 1.165) is 6.42 Å². The monoisotopic (exact) mass is 213 g/mol. The molecule has 14 heavy (non-hydrogen) atoms. The zero-order valence-corrected chi connectivity index (χ0v) is 8.87. The molecular weight excluding hydrogens is 195 g/mol. The summed E-state index contributed by atoms with van der Waals surface area (Å²) in [5.41, 5.74) is -0.165. The minimum atomic E-state index is -4.13. The van der Waals surface area contributed by atoms with Crippen LogP contribution in [0.2, 0.25) is 0 Å². The summed E-state index contributed by atoms with van der Waals surface area (Å²) in [5.74, 6) is 0. The Morgan fingerprint density at radius 2 is 1.71 bits per heavy atom. The van der Waals surface area contributed by atoms with Gasteiger partial charge in [-0.25, -0.2) is 0 Å². The predicted octanol–water partition coefficient (Wildman–Crippen LogP) is 2.20. The Bertz CT molecular complexity index is 157. The molecule has 0 aromatic carbocycles. The molecule has 2 nitrogen and oxygen atoms in total. The van der Waals surface area contributed by atoms with Crippen LogP contribution in [0.3, 0.4) is 0 Å². The highest BCUT2D eigenvalue weighted by atomic mass is 19.4. The van der Waals surface area contributed by atoms with E-state index >= 15 is 0 Å². The number of rotatable bonds is 6. The molecule has 0 aromatic rings. The molecule has 0 amide bonds. The lowest BCUT2D eigenvalue weighted by Gasteiger charge is -2.24. The maximum Gasteiger partial charge on any atom is 0.401 e. The molecule has 0 aliphatic carbocycles. The summed E-state index contributed by atoms with van der Waals surface area (Å²) in [6.07, 6.45) is -3.38. The molecule has 0 bridgehead atoms. The van der Waals surface area contributed by atoms with Crippen molar-refractivity contribution < 1.29 is 17.9 Å². The Labute approximate surface area is 82.8 Å². The van der Waals surface area contributed by atoms with Gasteiger partial charge >= 0.3 is 6.18 Å². The number of nitrogens with one attached hydrogen (secondary N) is 1. The van der Waals surface area contributed by atoms with Crippen LogP contribution in [0.5, 0.6) is 0 Å². The first-order chi connectivity index (χ1) is 6.27. The van der Waals surface area contributed by atoms with E-state index in [9.17, 15) is 13.2 Å². The lowest BCUT2D eigenvalue weighted by molar-refractivity contribution is -0.125. The summed E-state index contributed by atoms with van der Waals surface area (Å²) in [7, 11) is 1.58. The summed E-state index contributed by atoms with van der Waals surface area (Å²) in [5, 5.41) is 2.39. The van der Waals surface area contributed by atoms with Gasteiger partial charge in [0.05, 0.1) is 6.54 Å². The number of alkyl halides is 3. The summed E-state index contributed by atoms with van der Waals surface area (Å²) >= 11 is 0. The molecule has 0 saturated heterocycles. The van der Waals surface area contributed by atoms with E-state index in [1.54, 1.807) is 7.11 Å². The lowest BCUT2D eigenvalue weighted by Crippen LogP contribution is -2.36. The van der Waals surface area contributed by atoms with E-state index in [-0.39, 0.29) is 5.41 Å². The fraction of sp³-hybridized carbons (Fsp3) is 1.00. The molecule has 0 aromatic heterocycles. The van der Waals surface area contributed by atoms with Gasteiger partial charge < -0.3 is 10.1 Å². The minimum Gasteiger partial charge on any atom is -0.385 e. The van der Waals surface area contributed by atoms with Crippen LogP contribution in [0.15, 0.2) is 0 Å². The van der Waals surface area contributed by atoms with E-state index in [0.29, 0.717) is 13.2 Å². The van der Waals surface area contributed by atoms with Crippen LogP contribution < -0.4 is 5.32 Å². The third-order valence-electron chi connectivity index (χ3n) is 1.91. The number of halogens is 3. The zero-order chi connectivity index (χ0) is 11.2. The SMILES string of the molecule is COCCC(C)(C)CNCC(F)(F)F. The van der Waals surface area contributed by atoms with Crippen LogP contribution in [0, 0.1) is 5.41 Å². The van der Waals surface area contributed by atoms with Crippen LogP contribution >= 0.6 is 0 Å². The van der Waals surface area contributed by atoms with Crippen molar-refractivity contribution in [2.24, 2.45) is 5.41 Å². The van der Waals surface area contributed by atoms with Crippen molar-refractivity contribution in [1.82, 2.24) is 5.32 Å². The normalized spacial score (nSPS) is 13.3. The minimum absolute atomic E-state index is 0.165. The topological polar surface area (TPSA) is 21.3 Å². The van der Waals surface area contributed by atoms with Gasteiger partial charge in [-0.3, -0.25) is 0 Å². The van der Waals surface area contributed by atoms with Crippen LogP contribution in [0.1, 0.15) is 20.3 Å². The maximum absolute atomic E-state index is 11.8. The molecule has 0 fully saturated rings. The van der Waals surface area contributed by atoms with Crippen molar-refractivity contribution in [2.45, 2.75) is 26.4 Å². The number of hydrogen-bond donors (Lipinski definition) is 1. The highest BCUT2D eigenvalue weighted by Crippen LogP contribution is 2.19. The van der Waals surface area contributed by atoms with Crippen molar-refractivity contribution in [3.63, 3.8) is 0 Å². The Morgan fingerprint density at radius 3 is 2.14 bits per heavy atom. The molecule has 0 aliphatic heterocycles. The van der Waals surface area contributed by atoms with Crippen LogP contribution in [-0.4, -0.2) is 33.0 Å². The van der Waals surface area contributed by atoms with E-state index in [4.69, 9.17) is 4.74 Å². The predicted molar refractivity (Wildman–Crippen MR) is 49.2 cm³/mol. The summed E-state index contributed by atoms with van der Waals surface area (Å²) in [4.78, 5) is 0. The van der Waals surface area contributed by atoms with Gasteiger partial charge in [0.25, 0.3) is 0 Å². The summed E-state index contributed by atoms with van der Waals surface area (Å²) in [6, 6.07) is 0. The third kappa shape index (κ3) is 8.31. The van der Waals surface area contributed by atoms with Gasteiger partial charge in [0, 0.05) is 20.3 Å². The molecule has 0 heterocycles. The third-order valence-corrected chi connectivity index (χ3v) is 1.91. The zero-order valence-electron chi connectivity index (χ0n) is 8.87. The Balaban J connectivity index is 3.65. The largest absolute Gasteiger partial charge is 0.401 e. The Kier molecular flexibility index (Phi) is 5.44. The highest BCUT2D eigenvalue weighted by molar-refractivity contribution is 4.72. The number of ether oxygens (including phenoxy) is 1. The molecule has 0 radical (unpaired) electrons. The molecule has 1 N–H and O–H groups in total. The second kappa shape index (κ2) is 5.56. The first-order valence-corrected chi connectivity index (χ1v) is 4.53. The second-order valence-corrected chi connectivity index (χ2v) is 4.13. The van der Waals surface area contributed by atoms with Gasteiger partial charge in [-0.2, -0.15) is 13.2 Å². The Morgan fingerprint density at radius 1 is 1.14 bits per heavy atom. The van der Waals surface area contributed by atoms with Crippen molar-refractivity contribution >= 4 is 0 Å². The highest BCUT2D eigenvalue weighted by Gasteiger charge is 2.27. The molecule has 0 aliphatic rings. The standard InChI is InChI=1S/C9H18F3NO/c1-8(2,4-5-14-3)6-13-7-9(10,11)12/h13H,4-7H2,1-3H3. The van der Waals surface area contributed by atoms with Gasteiger partial charge in [-0.05, 0) is 11.8 Å². The summed E-state index contributed by atoms with van der Waals surface area (Å²) < 4.78 is 40.3. The molecule has 0 saturated carbocycles. The van der Waals surface area contributed by atoms with E-state index in [1.807, 2.05) is 13.8 Å². The lowest BCUT2D eigenvalue weighted by atomic mass is 9.90. The molecule has 0 unspecified atom stereocenters. The van der Waals surface area contributed by atoms with Crippen LogP contribution in [-0.2, 0) is 4.74 Å². The van der Waals surface area contributed by atoms with Crippen molar-refractivity contribution in [3.05, 3.63) is 0 Å². The molecule has 0 rings (SSSR count). The maximum atomic E-state index is 11.8. The van der Waals surface area contributed by atoms with Crippen molar-refractivity contribution in [3.8, 4) is 0 Å². The molecule has 5 heteroatoms. The number of hydrogen-bond acceptors (Lipinski definition) is 2. The van der Waals surface area contributed by atoms with E-state index in [1.165, 1.54) is 0 Å². The quantitative estimate of drug-likeness (QED) is 0.730. The fourth-order valence-electron chi connectivity index (χ4n) is 1.01. The average molecular weight is 213 g/mol. The first kappa shape index (κ1) is 13.7.